The van der Waals surface area contributed by atoms with E-state index in [1.165, 1.54) is 12.1 Å². The average molecular weight is 285 g/mol. The number of nitrogen functional groups attached to an aromatic ring is 1. The van der Waals surface area contributed by atoms with Gasteiger partial charge in [0.1, 0.15) is 17.1 Å². The molecule has 0 unspecified atom stereocenters. The second kappa shape index (κ2) is 5.44. The van der Waals surface area contributed by atoms with Crippen LogP contribution in [0.25, 0.3) is 16.7 Å². The molecule has 5 heteroatoms. The molecular formula is C16H16FN3O. The molecule has 3 rings (SSSR count). The fourth-order valence-electron chi connectivity index (χ4n) is 2.28. The largest absolute Gasteiger partial charge is 0.491 e. The molecule has 0 aliphatic heterocycles. The third-order valence-electron chi connectivity index (χ3n) is 3.22. The molecule has 1 aromatic heterocycles. The Morgan fingerprint density at radius 1 is 1.19 bits per heavy atom. The van der Waals surface area contributed by atoms with Crippen molar-refractivity contribution in [1.29, 1.82) is 0 Å². The van der Waals surface area contributed by atoms with Crippen LogP contribution in [0.15, 0.2) is 42.5 Å². The zero-order valence-electron chi connectivity index (χ0n) is 11.7. The summed E-state index contributed by atoms with van der Waals surface area (Å²) in [7, 11) is 0. The summed E-state index contributed by atoms with van der Waals surface area (Å²) >= 11 is 0. The molecule has 108 valence electrons. The van der Waals surface area contributed by atoms with E-state index in [-0.39, 0.29) is 5.82 Å². The van der Waals surface area contributed by atoms with Crippen LogP contribution >= 0.6 is 0 Å². The number of rotatable bonds is 4. The second-order valence-corrected chi connectivity index (χ2v) is 4.75. The molecule has 0 saturated heterocycles. The first-order chi connectivity index (χ1) is 10.2. The third-order valence-corrected chi connectivity index (χ3v) is 3.22. The van der Waals surface area contributed by atoms with E-state index in [4.69, 9.17) is 10.5 Å². The van der Waals surface area contributed by atoms with E-state index in [0.29, 0.717) is 23.8 Å². The maximum absolute atomic E-state index is 13.1. The highest BCUT2D eigenvalue weighted by Crippen LogP contribution is 2.29. The number of halogens is 1. The maximum atomic E-state index is 13.1. The number of imidazole rings is 1. The molecular weight excluding hydrogens is 269 g/mol. The Labute approximate surface area is 122 Å². The monoisotopic (exact) mass is 285 g/mol. The Bertz CT molecular complexity index is 765. The number of hydrogen-bond acceptors (Lipinski definition) is 3. The van der Waals surface area contributed by atoms with Crippen LogP contribution < -0.4 is 10.5 Å². The molecule has 2 N–H and O–H groups in total. The number of ether oxygens (including phenoxy) is 1. The standard InChI is InChI=1S/C16H16FN3O/c1-2-10-21-14-5-3-4-13-15(14)19-16(18)20(13)12-8-6-11(17)7-9-12/h3-9H,2,10H2,1H3,(H2,18,19). The summed E-state index contributed by atoms with van der Waals surface area (Å²) < 4.78 is 20.6. The van der Waals surface area contributed by atoms with E-state index in [1.807, 2.05) is 25.1 Å². The first-order valence-corrected chi connectivity index (χ1v) is 6.86. The lowest BCUT2D eigenvalue weighted by molar-refractivity contribution is 0.320. The molecule has 2 aromatic carbocycles. The van der Waals surface area contributed by atoms with E-state index in [1.54, 1.807) is 16.7 Å². The second-order valence-electron chi connectivity index (χ2n) is 4.75. The average Bonchev–Trinajstić information content (AvgIpc) is 2.83. The fraction of sp³-hybridized carbons (Fsp3) is 0.188. The van der Waals surface area contributed by atoms with Gasteiger partial charge in [-0.2, -0.15) is 0 Å². The number of fused-ring (bicyclic) bond motifs is 1. The van der Waals surface area contributed by atoms with Crippen LogP contribution in [0.4, 0.5) is 10.3 Å². The van der Waals surface area contributed by atoms with Gasteiger partial charge in [0, 0.05) is 5.69 Å². The number of para-hydroxylation sites is 1. The molecule has 0 spiro atoms. The summed E-state index contributed by atoms with van der Waals surface area (Å²) in [5.41, 5.74) is 8.35. The molecule has 0 fully saturated rings. The summed E-state index contributed by atoms with van der Waals surface area (Å²) in [4.78, 5) is 4.39. The SMILES string of the molecule is CCCOc1cccc2c1nc(N)n2-c1ccc(F)cc1. The minimum absolute atomic E-state index is 0.284. The zero-order valence-corrected chi connectivity index (χ0v) is 11.7. The van der Waals surface area contributed by atoms with E-state index >= 15 is 0 Å². The van der Waals surface area contributed by atoms with Crippen molar-refractivity contribution >= 4 is 17.0 Å². The Balaban J connectivity index is 2.15. The van der Waals surface area contributed by atoms with Crippen molar-refractivity contribution in [2.24, 2.45) is 0 Å². The van der Waals surface area contributed by atoms with Gasteiger partial charge in [-0.05, 0) is 42.8 Å². The molecule has 0 aliphatic rings. The molecule has 0 bridgehead atoms. The van der Waals surface area contributed by atoms with Gasteiger partial charge in [0.25, 0.3) is 0 Å². The van der Waals surface area contributed by atoms with Crippen LogP contribution in [0.2, 0.25) is 0 Å². The van der Waals surface area contributed by atoms with Crippen molar-refractivity contribution in [2.45, 2.75) is 13.3 Å². The van der Waals surface area contributed by atoms with E-state index < -0.39 is 0 Å². The van der Waals surface area contributed by atoms with E-state index in [0.717, 1.165) is 17.6 Å². The minimum atomic E-state index is -0.284. The molecule has 4 nitrogen and oxygen atoms in total. The van der Waals surface area contributed by atoms with Crippen LogP contribution in [0.1, 0.15) is 13.3 Å². The Morgan fingerprint density at radius 3 is 2.67 bits per heavy atom. The van der Waals surface area contributed by atoms with Crippen LogP contribution in [-0.4, -0.2) is 16.2 Å². The van der Waals surface area contributed by atoms with Crippen molar-refractivity contribution < 1.29 is 9.13 Å². The van der Waals surface area contributed by atoms with E-state index in [2.05, 4.69) is 4.98 Å². The van der Waals surface area contributed by atoms with Crippen molar-refractivity contribution in [1.82, 2.24) is 9.55 Å². The van der Waals surface area contributed by atoms with Gasteiger partial charge in [0.15, 0.2) is 0 Å². The van der Waals surface area contributed by atoms with Crippen LogP contribution in [0.3, 0.4) is 0 Å². The lowest BCUT2D eigenvalue weighted by Gasteiger charge is -2.07. The minimum Gasteiger partial charge on any atom is -0.491 e. The van der Waals surface area contributed by atoms with Crippen LogP contribution in [-0.2, 0) is 0 Å². The van der Waals surface area contributed by atoms with Gasteiger partial charge in [-0.25, -0.2) is 9.37 Å². The zero-order chi connectivity index (χ0) is 14.8. The van der Waals surface area contributed by atoms with Crippen molar-refractivity contribution in [3.63, 3.8) is 0 Å². The number of hydrogen-bond donors (Lipinski definition) is 1. The first-order valence-electron chi connectivity index (χ1n) is 6.86. The number of nitrogens with zero attached hydrogens (tertiary/aromatic N) is 2. The summed E-state index contributed by atoms with van der Waals surface area (Å²) in [6, 6.07) is 11.8. The van der Waals surface area contributed by atoms with Crippen LogP contribution in [0, 0.1) is 5.82 Å². The lowest BCUT2D eigenvalue weighted by atomic mass is 10.2. The lowest BCUT2D eigenvalue weighted by Crippen LogP contribution is -2.00. The Kier molecular flexibility index (Phi) is 3.48. The van der Waals surface area contributed by atoms with Gasteiger partial charge >= 0.3 is 0 Å². The quantitative estimate of drug-likeness (QED) is 0.797. The highest BCUT2D eigenvalue weighted by Gasteiger charge is 2.13. The van der Waals surface area contributed by atoms with Crippen molar-refractivity contribution in [2.75, 3.05) is 12.3 Å². The van der Waals surface area contributed by atoms with Gasteiger partial charge in [0.2, 0.25) is 5.95 Å². The molecule has 0 saturated carbocycles. The van der Waals surface area contributed by atoms with Gasteiger partial charge in [-0.1, -0.05) is 13.0 Å². The van der Waals surface area contributed by atoms with Crippen molar-refractivity contribution in [3.05, 3.63) is 48.3 Å². The summed E-state index contributed by atoms with van der Waals surface area (Å²) in [5.74, 6) is 0.778. The van der Waals surface area contributed by atoms with Gasteiger partial charge < -0.3 is 10.5 Å². The number of anilines is 1. The summed E-state index contributed by atoms with van der Waals surface area (Å²) in [6.45, 7) is 2.67. The van der Waals surface area contributed by atoms with E-state index in [9.17, 15) is 4.39 Å². The highest BCUT2D eigenvalue weighted by molar-refractivity contribution is 5.86. The molecule has 0 aliphatic carbocycles. The molecule has 3 aromatic rings. The summed E-state index contributed by atoms with van der Waals surface area (Å²) in [5, 5.41) is 0. The van der Waals surface area contributed by atoms with Gasteiger partial charge in [-0.15, -0.1) is 0 Å². The summed E-state index contributed by atoms with van der Waals surface area (Å²) in [6.07, 6.45) is 0.921. The fourth-order valence-corrected chi connectivity index (χ4v) is 2.28. The third kappa shape index (κ3) is 2.42. The Hall–Kier alpha value is -2.56. The molecule has 0 amide bonds. The number of benzene rings is 2. The van der Waals surface area contributed by atoms with Crippen LogP contribution in [0.5, 0.6) is 5.75 Å². The number of nitrogens with two attached hydrogens (primary N) is 1. The van der Waals surface area contributed by atoms with Gasteiger partial charge in [-0.3, -0.25) is 4.57 Å². The smallest absolute Gasteiger partial charge is 0.206 e. The normalized spacial score (nSPS) is 11.0. The number of aromatic nitrogens is 2. The maximum Gasteiger partial charge on any atom is 0.206 e. The molecule has 0 atom stereocenters. The van der Waals surface area contributed by atoms with Crippen molar-refractivity contribution in [3.8, 4) is 11.4 Å². The first kappa shape index (κ1) is 13.4. The Morgan fingerprint density at radius 2 is 1.95 bits per heavy atom. The highest BCUT2D eigenvalue weighted by atomic mass is 19.1. The molecule has 1 heterocycles. The predicted octanol–water partition coefficient (Wildman–Crippen LogP) is 3.54. The molecule has 0 radical (unpaired) electrons. The van der Waals surface area contributed by atoms with Gasteiger partial charge in [0.05, 0.1) is 12.1 Å². The predicted molar refractivity (Wildman–Crippen MR) is 81.2 cm³/mol. The molecule has 21 heavy (non-hydrogen) atoms. The topological polar surface area (TPSA) is 53.1 Å².